The van der Waals surface area contributed by atoms with Gasteiger partial charge in [0.1, 0.15) is 6.04 Å². The lowest BCUT2D eigenvalue weighted by Gasteiger charge is -2.14. The number of rotatable bonds is 7. The van der Waals surface area contributed by atoms with Gasteiger partial charge < -0.3 is 21.9 Å². The lowest BCUT2D eigenvalue weighted by Crippen LogP contribution is -2.47. The van der Waals surface area contributed by atoms with Crippen LogP contribution in [0, 0.1) is 0 Å². The Balaban J connectivity index is 0. The van der Waals surface area contributed by atoms with Crippen molar-refractivity contribution in [3.05, 3.63) is 0 Å². The summed E-state index contributed by atoms with van der Waals surface area (Å²) in [6, 6.07) is -1.56. The summed E-state index contributed by atoms with van der Waals surface area (Å²) >= 11 is 0. The van der Waals surface area contributed by atoms with Crippen molar-refractivity contribution in [3.8, 4) is 0 Å². The maximum Gasteiger partial charge on any atom is 0.325 e. The van der Waals surface area contributed by atoms with Crippen LogP contribution in [-0.2, 0) is 9.59 Å². The van der Waals surface area contributed by atoms with Gasteiger partial charge in [-0.25, -0.2) is 0 Å². The molecule has 2 atom stereocenters. The number of hydrogen-bond donors (Lipinski definition) is 4. The van der Waals surface area contributed by atoms with Gasteiger partial charge in [0.05, 0.1) is 6.04 Å². The van der Waals surface area contributed by atoms with Gasteiger partial charge in [-0.1, -0.05) is 6.42 Å². The standard InChI is InChI=1S/C9H19N3O3.BrH/c1-6(9(14)15)12-8(13)7(11)4-2-3-5-10;/h6-7H,2-5,10-11H2,1H3,(H,12,13)(H,14,15);1H. The number of unbranched alkanes of at least 4 members (excludes halogenated alkanes) is 1. The van der Waals surface area contributed by atoms with Crippen LogP contribution in [0.3, 0.4) is 0 Å². The van der Waals surface area contributed by atoms with E-state index >= 15 is 0 Å². The molecule has 0 saturated heterocycles. The van der Waals surface area contributed by atoms with Crippen molar-refractivity contribution < 1.29 is 14.7 Å². The first-order chi connectivity index (χ1) is 6.99. The third kappa shape index (κ3) is 7.61. The number of aliphatic carboxylic acids is 1. The number of carboxylic acids is 1. The number of halogens is 1. The van der Waals surface area contributed by atoms with Crippen LogP contribution in [0.5, 0.6) is 0 Å². The highest BCUT2D eigenvalue weighted by Crippen LogP contribution is 1.98. The summed E-state index contributed by atoms with van der Waals surface area (Å²) < 4.78 is 0. The summed E-state index contributed by atoms with van der Waals surface area (Å²) in [5, 5.41) is 10.9. The molecule has 0 fully saturated rings. The molecule has 0 aromatic rings. The molecule has 0 aliphatic carbocycles. The first-order valence-corrected chi connectivity index (χ1v) is 4.98. The molecule has 0 rings (SSSR count). The average molecular weight is 298 g/mol. The molecule has 96 valence electrons. The van der Waals surface area contributed by atoms with Crippen molar-refractivity contribution in [2.75, 3.05) is 6.54 Å². The summed E-state index contributed by atoms with van der Waals surface area (Å²) in [5.41, 5.74) is 10.9. The fraction of sp³-hybridized carbons (Fsp3) is 0.778. The number of amides is 1. The van der Waals surface area contributed by atoms with Gasteiger partial charge in [-0.2, -0.15) is 0 Å². The highest BCUT2D eigenvalue weighted by Gasteiger charge is 2.18. The molecule has 0 aromatic heterocycles. The Bertz CT molecular complexity index is 226. The number of carbonyl (C=O) groups is 2. The van der Waals surface area contributed by atoms with Crippen molar-refractivity contribution >= 4 is 28.9 Å². The van der Waals surface area contributed by atoms with E-state index in [0.29, 0.717) is 13.0 Å². The van der Waals surface area contributed by atoms with Crippen LogP contribution in [-0.4, -0.2) is 35.6 Å². The minimum absolute atomic E-state index is 0. The van der Waals surface area contributed by atoms with E-state index in [-0.39, 0.29) is 17.0 Å². The van der Waals surface area contributed by atoms with Crippen LogP contribution < -0.4 is 16.8 Å². The van der Waals surface area contributed by atoms with E-state index in [2.05, 4.69) is 5.32 Å². The van der Waals surface area contributed by atoms with Crippen LogP contribution in [0.2, 0.25) is 0 Å². The second-order valence-corrected chi connectivity index (χ2v) is 3.46. The molecule has 1 amide bonds. The Kier molecular flexibility index (Phi) is 10.6. The van der Waals surface area contributed by atoms with Crippen molar-refractivity contribution in [2.45, 2.75) is 38.3 Å². The molecule has 0 radical (unpaired) electrons. The summed E-state index contributed by atoms with van der Waals surface area (Å²) in [6.45, 7) is 1.96. The Morgan fingerprint density at radius 1 is 1.38 bits per heavy atom. The molecule has 7 heteroatoms. The van der Waals surface area contributed by atoms with Crippen molar-refractivity contribution in [2.24, 2.45) is 11.5 Å². The first kappa shape index (κ1) is 17.7. The Hall–Kier alpha value is -0.660. The minimum atomic E-state index is -1.07. The predicted octanol–water partition coefficient (Wildman–Crippen LogP) is -0.390. The van der Waals surface area contributed by atoms with Gasteiger partial charge in [-0.3, -0.25) is 9.59 Å². The van der Waals surface area contributed by atoms with Crippen molar-refractivity contribution in [3.63, 3.8) is 0 Å². The normalized spacial score (nSPS) is 13.4. The lowest BCUT2D eigenvalue weighted by atomic mass is 10.1. The fourth-order valence-corrected chi connectivity index (χ4v) is 1.02. The zero-order valence-corrected chi connectivity index (χ0v) is 11.0. The van der Waals surface area contributed by atoms with E-state index in [1.807, 2.05) is 0 Å². The van der Waals surface area contributed by atoms with Gasteiger partial charge >= 0.3 is 5.97 Å². The van der Waals surface area contributed by atoms with Crippen molar-refractivity contribution in [1.82, 2.24) is 5.32 Å². The van der Waals surface area contributed by atoms with E-state index in [4.69, 9.17) is 16.6 Å². The highest BCUT2D eigenvalue weighted by molar-refractivity contribution is 8.93. The number of hydrogen-bond acceptors (Lipinski definition) is 4. The quantitative estimate of drug-likeness (QED) is 0.477. The molecule has 6 N–H and O–H groups in total. The zero-order chi connectivity index (χ0) is 11.8. The van der Waals surface area contributed by atoms with E-state index in [1.165, 1.54) is 6.92 Å². The van der Waals surface area contributed by atoms with Gasteiger partial charge in [0.15, 0.2) is 0 Å². The van der Waals surface area contributed by atoms with E-state index < -0.39 is 24.0 Å². The van der Waals surface area contributed by atoms with Gasteiger partial charge in [0.25, 0.3) is 0 Å². The second-order valence-electron chi connectivity index (χ2n) is 3.46. The number of carbonyl (C=O) groups excluding carboxylic acids is 1. The number of nitrogens with one attached hydrogen (secondary N) is 1. The third-order valence-electron chi connectivity index (χ3n) is 2.04. The third-order valence-corrected chi connectivity index (χ3v) is 2.04. The average Bonchev–Trinajstić information content (AvgIpc) is 2.17. The molecule has 0 bridgehead atoms. The van der Waals surface area contributed by atoms with Gasteiger partial charge in [-0.05, 0) is 26.3 Å². The molecule has 0 saturated carbocycles. The SMILES string of the molecule is Br.CC(NC(=O)C(N)CCCCN)C(=O)O. The summed E-state index contributed by atoms with van der Waals surface area (Å²) in [5.74, 6) is -1.50. The minimum Gasteiger partial charge on any atom is -0.480 e. The lowest BCUT2D eigenvalue weighted by molar-refractivity contribution is -0.141. The molecule has 0 aliphatic rings. The Morgan fingerprint density at radius 3 is 2.38 bits per heavy atom. The summed E-state index contributed by atoms with van der Waals surface area (Å²) in [6.07, 6.45) is 2.11. The molecule has 0 spiro atoms. The van der Waals surface area contributed by atoms with Gasteiger partial charge in [0, 0.05) is 0 Å². The largest absolute Gasteiger partial charge is 0.480 e. The van der Waals surface area contributed by atoms with Crippen LogP contribution in [0.4, 0.5) is 0 Å². The Labute approximate surface area is 106 Å². The van der Waals surface area contributed by atoms with E-state index in [0.717, 1.165) is 12.8 Å². The van der Waals surface area contributed by atoms with Gasteiger partial charge in [-0.15, -0.1) is 17.0 Å². The number of carboxylic acid groups (broad SMARTS) is 1. The Morgan fingerprint density at radius 2 is 1.94 bits per heavy atom. The smallest absolute Gasteiger partial charge is 0.325 e. The molecular formula is C9H20BrN3O3. The summed E-state index contributed by atoms with van der Waals surface area (Å²) in [7, 11) is 0. The number of nitrogens with two attached hydrogens (primary N) is 2. The maximum atomic E-state index is 11.3. The molecule has 0 aromatic carbocycles. The first-order valence-electron chi connectivity index (χ1n) is 4.98. The van der Waals surface area contributed by atoms with Crippen LogP contribution >= 0.6 is 17.0 Å². The van der Waals surface area contributed by atoms with E-state index in [9.17, 15) is 9.59 Å². The molecule has 2 unspecified atom stereocenters. The molecular weight excluding hydrogens is 278 g/mol. The molecule has 6 nitrogen and oxygen atoms in total. The summed E-state index contributed by atoms with van der Waals surface area (Å²) in [4.78, 5) is 21.8. The predicted molar refractivity (Wildman–Crippen MR) is 66.4 cm³/mol. The van der Waals surface area contributed by atoms with Crippen LogP contribution in [0.25, 0.3) is 0 Å². The monoisotopic (exact) mass is 297 g/mol. The van der Waals surface area contributed by atoms with Gasteiger partial charge in [0.2, 0.25) is 5.91 Å². The highest BCUT2D eigenvalue weighted by atomic mass is 79.9. The van der Waals surface area contributed by atoms with Crippen LogP contribution in [0.15, 0.2) is 0 Å². The van der Waals surface area contributed by atoms with Crippen LogP contribution in [0.1, 0.15) is 26.2 Å². The molecule has 0 heterocycles. The molecule has 0 aliphatic heterocycles. The second kappa shape index (κ2) is 9.56. The molecule has 16 heavy (non-hydrogen) atoms. The topological polar surface area (TPSA) is 118 Å². The van der Waals surface area contributed by atoms with Crippen molar-refractivity contribution in [1.29, 1.82) is 0 Å². The van der Waals surface area contributed by atoms with E-state index in [1.54, 1.807) is 0 Å². The maximum absolute atomic E-state index is 11.3. The zero-order valence-electron chi connectivity index (χ0n) is 9.31. The fourth-order valence-electron chi connectivity index (χ4n) is 1.02.